The van der Waals surface area contributed by atoms with Gasteiger partial charge in [0.1, 0.15) is 6.61 Å². The van der Waals surface area contributed by atoms with Crippen LogP contribution in [0.15, 0.2) is 6.07 Å². The molecule has 0 radical (unpaired) electrons. The first-order chi connectivity index (χ1) is 13.9. The Hall–Kier alpha value is -1.22. The molecule has 1 aromatic carbocycles. The molecule has 1 N–H and O–H groups in total. The van der Waals surface area contributed by atoms with Gasteiger partial charge in [-0.3, -0.25) is 4.90 Å². The van der Waals surface area contributed by atoms with Gasteiger partial charge in [0.15, 0.2) is 17.6 Å². The summed E-state index contributed by atoms with van der Waals surface area (Å²) in [5.41, 5.74) is 1.68. The van der Waals surface area contributed by atoms with Crippen LogP contribution in [0.2, 0.25) is 5.02 Å². The Labute approximate surface area is 180 Å². The fourth-order valence-corrected chi connectivity index (χ4v) is 4.57. The Morgan fingerprint density at radius 1 is 1.27 bits per heavy atom. The van der Waals surface area contributed by atoms with E-state index in [2.05, 4.69) is 4.90 Å². The maximum Gasteiger partial charge on any atom is 0.417 e. The van der Waals surface area contributed by atoms with Gasteiger partial charge in [-0.15, -0.1) is 0 Å². The first-order valence-electron chi connectivity index (χ1n) is 10.1. The highest BCUT2D eigenvalue weighted by Crippen LogP contribution is 2.47. The van der Waals surface area contributed by atoms with Crippen molar-refractivity contribution < 1.29 is 32.5 Å². The first-order valence-corrected chi connectivity index (χ1v) is 10.5. The Kier molecular flexibility index (Phi) is 6.82. The van der Waals surface area contributed by atoms with E-state index in [1.807, 2.05) is 20.8 Å². The van der Waals surface area contributed by atoms with Gasteiger partial charge in [-0.05, 0) is 57.2 Å². The highest BCUT2D eigenvalue weighted by atomic mass is 35.5. The van der Waals surface area contributed by atoms with E-state index in [-0.39, 0.29) is 34.3 Å². The molecule has 0 amide bonds. The molecule has 1 fully saturated rings. The third-order valence-corrected chi connectivity index (χ3v) is 5.88. The van der Waals surface area contributed by atoms with E-state index in [9.17, 15) is 18.3 Å². The number of halogens is 4. The lowest BCUT2D eigenvalue weighted by atomic mass is 9.85. The van der Waals surface area contributed by atoms with Crippen molar-refractivity contribution in [1.82, 2.24) is 4.90 Å². The molecule has 1 saturated heterocycles. The summed E-state index contributed by atoms with van der Waals surface area (Å²) in [4.78, 5) is 2.37. The van der Waals surface area contributed by atoms with E-state index in [1.54, 1.807) is 6.07 Å². The number of methoxy groups -OCH3 is 1. The average molecular weight is 452 g/mol. The third-order valence-electron chi connectivity index (χ3n) is 5.48. The summed E-state index contributed by atoms with van der Waals surface area (Å²) >= 11 is 6.54. The molecule has 2 aliphatic heterocycles. The molecule has 0 aromatic heterocycles. The number of hydrogen-bond acceptors (Lipinski definition) is 5. The number of nitrogens with zero attached hydrogens (tertiary/aromatic N) is 1. The van der Waals surface area contributed by atoms with Crippen molar-refractivity contribution in [3.05, 3.63) is 22.2 Å². The van der Waals surface area contributed by atoms with Crippen molar-refractivity contribution in [2.24, 2.45) is 0 Å². The second-order valence-electron chi connectivity index (χ2n) is 8.85. The summed E-state index contributed by atoms with van der Waals surface area (Å²) in [6, 6.07) is 1.95. The number of hydrogen-bond donors (Lipinski definition) is 1. The molecular formula is C21H29ClF3NO4. The molecule has 0 aliphatic carbocycles. The SMILES string of the molecule is COc1cc2c(c(Cl)c1OCC(O)C(F)(F)F)CCN1CC(OC(C)(C)C)CCC21. The van der Waals surface area contributed by atoms with Crippen LogP contribution in [0, 0.1) is 0 Å². The van der Waals surface area contributed by atoms with Gasteiger partial charge in [0, 0.05) is 19.1 Å². The minimum atomic E-state index is -4.76. The van der Waals surface area contributed by atoms with Gasteiger partial charge in [0.2, 0.25) is 0 Å². The Morgan fingerprint density at radius 3 is 2.57 bits per heavy atom. The Morgan fingerprint density at radius 2 is 1.97 bits per heavy atom. The zero-order valence-corrected chi connectivity index (χ0v) is 18.4. The summed E-state index contributed by atoms with van der Waals surface area (Å²) in [7, 11) is 1.42. The van der Waals surface area contributed by atoms with Gasteiger partial charge in [0.25, 0.3) is 0 Å². The molecule has 1 aromatic rings. The first kappa shape index (κ1) is 23.4. The van der Waals surface area contributed by atoms with E-state index in [1.165, 1.54) is 7.11 Å². The van der Waals surface area contributed by atoms with Crippen LogP contribution in [0.3, 0.4) is 0 Å². The molecule has 9 heteroatoms. The number of piperidine rings is 1. The largest absolute Gasteiger partial charge is 0.493 e. The summed E-state index contributed by atoms with van der Waals surface area (Å²) < 4.78 is 54.6. The summed E-state index contributed by atoms with van der Waals surface area (Å²) in [5.74, 6) is 0.308. The van der Waals surface area contributed by atoms with Crippen molar-refractivity contribution in [2.45, 2.75) is 70.1 Å². The molecule has 3 rings (SSSR count). The van der Waals surface area contributed by atoms with Gasteiger partial charge in [-0.1, -0.05) is 11.6 Å². The lowest BCUT2D eigenvalue weighted by Crippen LogP contribution is -2.47. The van der Waals surface area contributed by atoms with Crippen LogP contribution in [0.5, 0.6) is 11.5 Å². The van der Waals surface area contributed by atoms with Crippen LogP contribution < -0.4 is 9.47 Å². The maximum absolute atomic E-state index is 12.6. The fraction of sp³-hybridized carbons (Fsp3) is 0.714. The number of aliphatic hydroxyl groups is 1. The van der Waals surface area contributed by atoms with Crippen molar-refractivity contribution in [3.8, 4) is 11.5 Å². The number of alkyl halides is 3. The van der Waals surface area contributed by atoms with E-state index in [0.29, 0.717) is 6.42 Å². The molecule has 2 aliphatic rings. The van der Waals surface area contributed by atoms with Crippen LogP contribution in [-0.2, 0) is 11.2 Å². The number of fused-ring (bicyclic) bond motifs is 3. The molecule has 30 heavy (non-hydrogen) atoms. The highest BCUT2D eigenvalue weighted by molar-refractivity contribution is 6.33. The molecule has 3 unspecified atom stereocenters. The predicted molar refractivity (Wildman–Crippen MR) is 107 cm³/mol. The second kappa shape index (κ2) is 8.73. The number of ether oxygens (including phenoxy) is 3. The molecule has 5 nitrogen and oxygen atoms in total. The number of benzene rings is 1. The van der Waals surface area contributed by atoms with Crippen LogP contribution in [-0.4, -0.2) is 60.8 Å². The van der Waals surface area contributed by atoms with E-state index < -0.39 is 18.9 Å². The number of rotatable bonds is 5. The van der Waals surface area contributed by atoms with Gasteiger partial charge >= 0.3 is 6.18 Å². The van der Waals surface area contributed by atoms with Gasteiger partial charge in [0.05, 0.1) is 23.8 Å². The van der Waals surface area contributed by atoms with Gasteiger partial charge < -0.3 is 19.3 Å². The lowest BCUT2D eigenvalue weighted by Gasteiger charge is -2.45. The molecule has 0 bridgehead atoms. The van der Waals surface area contributed by atoms with E-state index in [0.717, 1.165) is 37.1 Å². The topological polar surface area (TPSA) is 51.2 Å². The molecule has 2 heterocycles. The Balaban J connectivity index is 1.81. The normalized spacial score (nSPS) is 23.5. The molecule has 0 spiro atoms. The highest BCUT2D eigenvalue weighted by Gasteiger charge is 2.40. The van der Waals surface area contributed by atoms with Gasteiger partial charge in [-0.2, -0.15) is 13.2 Å². The molecule has 3 atom stereocenters. The minimum Gasteiger partial charge on any atom is -0.493 e. The zero-order valence-electron chi connectivity index (χ0n) is 17.7. The smallest absolute Gasteiger partial charge is 0.417 e. The van der Waals surface area contributed by atoms with E-state index >= 15 is 0 Å². The predicted octanol–water partition coefficient (Wildman–Crippen LogP) is 4.53. The molecule has 0 saturated carbocycles. The molecular weight excluding hydrogens is 423 g/mol. The van der Waals surface area contributed by atoms with Crippen LogP contribution in [0.4, 0.5) is 13.2 Å². The van der Waals surface area contributed by atoms with Crippen molar-refractivity contribution in [1.29, 1.82) is 0 Å². The third kappa shape index (κ3) is 5.15. The zero-order chi connectivity index (χ0) is 22.3. The van der Waals surface area contributed by atoms with Crippen molar-refractivity contribution in [3.63, 3.8) is 0 Å². The average Bonchev–Trinajstić information content (AvgIpc) is 2.64. The quantitative estimate of drug-likeness (QED) is 0.713. The number of aliphatic hydroxyl groups excluding tert-OH is 1. The monoisotopic (exact) mass is 451 g/mol. The molecule has 170 valence electrons. The second-order valence-corrected chi connectivity index (χ2v) is 9.23. The van der Waals surface area contributed by atoms with Crippen LogP contribution in [0.25, 0.3) is 0 Å². The van der Waals surface area contributed by atoms with Crippen molar-refractivity contribution >= 4 is 11.6 Å². The fourth-order valence-electron chi connectivity index (χ4n) is 4.22. The van der Waals surface area contributed by atoms with E-state index in [4.69, 9.17) is 25.8 Å². The van der Waals surface area contributed by atoms with Crippen LogP contribution >= 0.6 is 11.6 Å². The maximum atomic E-state index is 12.6. The standard InChI is InChI=1S/C21H29ClF3NO4/c1-20(2,3)30-12-5-6-15-14-9-16(28-4)19(29-11-17(27)21(23,24)25)18(22)13(14)7-8-26(15)10-12/h9,12,15,17,27H,5-8,10-11H2,1-4H3. The minimum absolute atomic E-state index is 0.0411. The summed E-state index contributed by atoms with van der Waals surface area (Å²) in [5, 5.41) is 9.50. The summed E-state index contributed by atoms with van der Waals surface area (Å²) in [6.45, 7) is 6.79. The Bertz CT molecular complexity index is 766. The van der Waals surface area contributed by atoms with Crippen LogP contribution in [0.1, 0.15) is 50.8 Å². The lowest BCUT2D eigenvalue weighted by molar-refractivity contribution is -0.210. The van der Waals surface area contributed by atoms with Crippen molar-refractivity contribution in [2.75, 3.05) is 26.8 Å². The van der Waals surface area contributed by atoms with Gasteiger partial charge in [-0.25, -0.2) is 0 Å². The summed E-state index contributed by atoms with van der Waals surface area (Å²) in [6.07, 6.45) is -4.75.